The molecule has 0 saturated heterocycles. The summed E-state index contributed by atoms with van der Waals surface area (Å²) in [5.74, 6) is -0.320. The van der Waals surface area contributed by atoms with E-state index in [0.717, 1.165) is 18.4 Å². The Morgan fingerprint density at radius 3 is 2.60 bits per heavy atom. The van der Waals surface area contributed by atoms with Gasteiger partial charge in [0.2, 0.25) is 5.91 Å². The molecular weight excluding hydrogens is 254 g/mol. The molecule has 1 aromatic rings. The predicted octanol–water partition coefficient (Wildman–Crippen LogP) is 2.62. The zero-order chi connectivity index (χ0) is 14.9. The average molecular weight is 275 g/mol. The van der Waals surface area contributed by atoms with Gasteiger partial charge in [-0.25, -0.2) is 4.79 Å². The van der Waals surface area contributed by atoms with Crippen molar-refractivity contribution in [1.29, 1.82) is 0 Å². The average Bonchev–Trinajstić information content (AvgIpc) is 2.79. The largest absolute Gasteiger partial charge is 0.465 e. The van der Waals surface area contributed by atoms with Crippen molar-refractivity contribution in [3.63, 3.8) is 0 Å². The molecule has 0 fully saturated rings. The van der Waals surface area contributed by atoms with Crippen LogP contribution < -0.4 is 5.32 Å². The van der Waals surface area contributed by atoms with Gasteiger partial charge in [-0.05, 0) is 36.1 Å². The normalized spacial score (nSPS) is 17.5. The van der Waals surface area contributed by atoms with Crippen molar-refractivity contribution in [3.05, 3.63) is 34.9 Å². The van der Waals surface area contributed by atoms with Gasteiger partial charge < -0.3 is 10.1 Å². The van der Waals surface area contributed by atoms with E-state index >= 15 is 0 Å². The number of amides is 1. The number of carbonyl (C=O) groups is 2. The Labute approximate surface area is 119 Å². The number of esters is 1. The minimum absolute atomic E-state index is 0.0127. The molecule has 1 amide bonds. The molecule has 1 atom stereocenters. The third-order valence-electron chi connectivity index (χ3n) is 3.63. The molecule has 0 aromatic heterocycles. The van der Waals surface area contributed by atoms with Gasteiger partial charge in [0.15, 0.2) is 0 Å². The van der Waals surface area contributed by atoms with Crippen LogP contribution in [0.5, 0.6) is 0 Å². The number of hydrogen-bond acceptors (Lipinski definition) is 3. The topological polar surface area (TPSA) is 55.4 Å². The highest BCUT2D eigenvalue weighted by atomic mass is 16.5. The van der Waals surface area contributed by atoms with Crippen LogP contribution >= 0.6 is 0 Å². The molecule has 0 unspecified atom stereocenters. The lowest BCUT2D eigenvalue weighted by molar-refractivity contribution is -0.129. The fourth-order valence-electron chi connectivity index (χ4n) is 2.37. The summed E-state index contributed by atoms with van der Waals surface area (Å²) in [6.45, 7) is 5.68. The van der Waals surface area contributed by atoms with Crippen LogP contribution in [-0.4, -0.2) is 19.0 Å². The summed E-state index contributed by atoms with van der Waals surface area (Å²) in [5.41, 5.74) is 2.34. The highest BCUT2D eigenvalue weighted by molar-refractivity contribution is 5.90. The Balaban J connectivity index is 2.23. The van der Waals surface area contributed by atoms with E-state index < -0.39 is 5.41 Å². The first-order valence-electron chi connectivity index (χ1n) is 6.85. The second kappa shape index (κ2) is 5.27. The molecule has 20 heavy (non-hydrogen) atoms. The van der Waals surface area contributed by atoms with Gasteiger partial charge in [-0.2, -0.15) is 0 Å². The van der Waals surface area contributed by atoms with Gasteiger partial charge in [0.25, 0.3) is 0 Å². The number of carbonyl (C=O) groups excluding carboxylic acids is 2. The predicted molar refractivity (Wildman–Crippen MR) is 76.4 cm³/mol. The van der Waals surface area contributed by atoms with Crippen molar-refractivity contribution in [1.82, 2.24) is 5.32 Å². The summed E-state index contributed by atoms with van der Waals surface area (Å²) in [6.07, 6.45) is 1.80. The number of aryl methyl sites for hydroxylation is 1. The Morgan fingerprint density at radius 2 is 2.00 bits per heavy atom. The summed E-state index contributed by atoms with van der Waals surface area (Å²) in [6, 6.07) is 5.55. The van der Waals surface area contributed by atoms with Gasteiger partial charge in [-0.1, -0.05) is 26.8 Å². The number of rotatable bonds is 2. The maximum Gasteiger partial charge on any atom is 0.337 e. The molecule has 4 heteroatoms. The lowest BCUT2D eigenvalue weighted by Gasteiger charge is -2.22. The van der Waals surface area contributed by atoms with Crippen LogP contribution in [0.15, 0.2) is 18.2 Å². The van der Waals surface area contributed by atoms with Crippen molar-refractivity contribution >= 4 is 11.9 Å². The summed E-state index contributed by atoms with van der Waals surface area (Å²) in [4.78, 5) is 23.7. The molecular formula is C16H21NO3. The second-order valence-electron chi connectivity index (χ2n) is 6.22. The van der Waals surface area contributed by atoms with Gasteiger partial charge >= 0.3 is 5.97 Å². The molecule has 2 rings (SSSR count). The zero-order valence-electron chi connectivity index (χ0n) is 12.4. The molecule has 0 aliphatic heterocycles. The fraction of sp³-hybridized carbons (Fsp3) is 0.500. The molecule has 1 aliphatic rings. The van der Waals surface area contributed by atoms with Gasteiger partial charge in [0, 0.05) is 5.41 Å². The van der Waals surface area contributed by atoms with Crippen LogP contribution in [0.25, 0.3) is 0 Å². The first-order valence-corrected chi connectivity index (χ1v) is 6.85. The molecule has 0 spiro atoms. The van der Waals surface area contributed by atoms with Gasteiger partial charge in [0.05, 0.1) is 18.7 Å². The number of hydrogen-bond donors (Lipinski definition) is 1. The Hall–Kier alpha value is -1.84. The first-order chi connectivity index (χ1) is 9.32. The summed E-state index contributed by atoms with van der Waals surface area (Å²) in [5, 5.41) is 3.07. The Morgan fingerprint density at radius 1 is 1.30 bits per heavy atom. The monoisotopic (exact) mass is 275 g/mol. The number of fused-ring (bicyclic) bond motifs is 1. The standard InChI is InChI=1S/C16H21NO3/c1-16(2,3)15(19)17-13-8-7-10-5-6-11(9-12(10)13)14(18)20-4/h5-6,9,13H,7-8H2,1-4H3,(H,17,19)/t13-/m1/s1. The Bertz CT molecular complexity index is 543. The molecule has 0 bridgehead atoms. The van der Waals surface area contributed by atoms with Crippen LogP contribution in [0.2, 0.25) is 0 Å². The van der Waals surface area contributed by atoms with Gasteiger partial charge in [0.1, 0.15) is 0 Å². The minimum Gasteiger partial charge on any atom is -0.465 e. The van der Waals surface area contributed by atoms with Crippen LogP contribution in [0.3, 0.4) is 0 Å². The van der Waals surface area contributed by atoms with Crippen molar-refractivity contribution in [3.8, 4) is 0 Å². The van der Waals surface area contributed by atoms with Crippen LogP contribution in [-0.2, 0) is 16.0 Å². The first kappa shape index (κ1) is 14.6. The van der Waals surface area contributed by atoms with Crippen molar-refractivity contribution in [2.45, 2.75) is 39.7 Å². The highest BCUT2D eigenvalue weighted by Crippen LogP contribution is 2.32. The second-order valence-corrected chi connectivity index (χ2v) is 6.22. The zero-order valence-corrected chi connectivity index (χ0v) is 12.4. The SMILES string of the molecule is COC(=O)c1ccc2c(c1)[C@H](NC(=O)C(C)(C)C)CC2. The van der Waals surface area contributed by atoms with Crippen molar-refractivity contribution in [2.24, 2.45) is 5.41 Å². The molecule has 0 saturated carbocycles. The van der Waals surface area contributed by atoms with E-state index in [1.807, 2.05) is 32.9 Å². The molecule has 0 heterocycles. The van der Waals surface area contributed by atoms with Crippen LogP contribution in [0, 0.1) is 5.41 Å². The number of methoxy groups -OCH3 is 1. The molecule has 1 N–H and O–H groups in total. The lowest BCUT2D eigenvalue weighted by Crippen LogP contribution is -2.36. The third kappa shape index (κ3) is 2.84. The number of ether oxygens (including phenoxy) is 1. The smallest absolute Gasteiger partial charge is 0.337 e. The van der Waals surface area contributed by atoms with Gasteiger partial charge in [-0.3, -0.25) is 4.79 Å². The molecule has 0 radical (unpaired) electrons. The van der Waals surface area contributed by atoms with E-state index in [0.29, 0.717) is 5.56 Å². The molecule has 4 nitrogen and oxygen atoms in total. The van der Waals surface area contributed by atoms with Crippen molar-refractivity contribution in [2.75, 3.05) is 7.11 Å². The van der Waals surface area contributed by atoms with E-state index in [-0.39, 0.29) is 17.9 Å². The quantitative estimate of drug-likeness (QED) is 0.844. The van der Waals surface area contributed by atoms with Gasteiger partial charge in [-0.15, -0.1) is 0 Å². The molecule has 1 aliphatic carbocycles. The minimum atomic E-state index is -0.414. The maximum absolute atomic E-state index is 12.1. The summed E-state index contributed by atoms with van der Waals surface area (Å²) in [7, 11) is 1.37. The third-order valence-corrected chi connectivity index (χ3v) is 3.63. The molecule has 108 valence electrons. The van der Waals surface area contributed by atoms with E-state index in [4.69, 9.17) is 4.74 Å². The fourth-order valence-corrected chi connectivity index (χ4v) is 2.37. The number of nitrogens with one attached hydrogen (secondary N) is 1. The van der Waals surface area contributed by atoms with Crippen LogP contribution in [0.4, 0.5) is 0 Å². The number of benzene rings is 1. The molecule has 1 aromatic carbocycles. The maximum atomic E-state index is 12.1. The Kier molecular flexibility index (Phi) is 3.84. The van der Waals surface area contributed by atoms with E-state index in [9.17, 15) is 9.59 Å². The van der Waals surface area contributed by atoms with E-state index in [1.165, 1.54) is 12.7 Å². The summed E-state index contributed by atoms with van der Waals surface area (Å²) < 4.78 is 4.74. The van der Waals surface area contributed by atoms with Crippen molar-refractivity contribution < 1.29 is 14.3 Å². The summed E-state index contributed by atoms with van der Waals surface area (Å²) >= 11 is 0. The van der Waals surface area contributed by atoms with E-state index in [1.54, 1.807) is 6.07 Å². The van der Waals surface area contributed by atoms with Crippen LogP contribution in [0.1, 0.15) is 54.7 Å². The highest BCUT2D eigenvalue weighted by Gasteiger charge is 2.29. The van der Waals surface area contributed by atoms with E-state index in [2.05, 4.69) is 5.32 Å². The lowest BCUT2D eigenvalue weighted by atomic mass is 9.94.